The minimum absolute atomic E-state index is 1.04. The Morgan fingerprint density at radius 3 is 2.82 bits per heavy atom. The molecule has 0 saturated carbocycles. The van der Waals surface area contributed by atoms with Gasteiger partial charge in [-0.1, -0.05) is 23.7 Å². The topological polar surface area (TPSA) is 0 Å². The largest absolute Gasteiger partial charge is 0.0597 e. The lowest BCUT2D eigenvalue weighted by Gasteiger charge is -2.02. The minimum atomic E-state index is 1.04. The maximum Gasteiger partial charge on any atom is 0.0225 e. The standard InChI is InChI=1S/C9H10ISi/c1-7-2-3-9(10)8(6-7)4-5-11/h2-3,6H,4-5H2,1H3. The van der Waals surface area contributed by atoms with E-state index in [2.05, 4.69) is 58.0 Å². The Kier molecular flexibility index (Phi) is 3.58. The fourth-order valence-electron chi connectivity index (χ4n) is 1.03. The predicted octanol–water partition coefficient (Wildman–Crippen LogP) is 2.73. The van der Waals surface area contributed by atoms with Crippen LogP contribution in [0.2, 0.25) is 6.04 Å². The van der Waals surface area contributed by atoms with Gasteiger partial charge in [-0.2, -0.15) is 0 Å². The van der Waals surface area contributed by atoms with Crippen LogP contribution in [0.5, 0.6) is 0 Å². The second-order valence-electron chi connectivity index (χ2n) is 2.59. The Balaban J connectivity index is 2.93. The molecule has 0 atom stereocenters. The summed E-state index contributed by atoms with van der Waals surface area (Å²) in [5.74, 6) is 0. The van der Waals surface area contributed by atoms with Gasteiger partial charge in [-0.3, -0.25) is 0 Å². The summed E-state index contributed by atoms with van der Waals surface area (Å²) in [4.78, 5) is 0. The fourth-order valence-corrected chi connectivity index (χ4v) is 1.90. The van der Waals surface area contributed by atoms with Crippen LogP contribution < -0.4 is 0 Å². The molecule has 0 heterocycles. The normalized spacial score (nSPS) is 10.1. The Labute approximate surface area is 85.0 Å². The molecule has 0 saturated heterocycles. The zero-order chi connectivity index (χ0) is 8.27. The van der Waals surface area contributed by atoms with Crippen molar-refractivity contribution in [1.29, 1.82) is 0 Å². The molecule has 0 aliphatic heterocycles. The van der Waals surface area contributed by atoms with Crippen molar-refractivity contribution in [1.82, 2.24) is 0 Å². The van der Waals surface area contributed by atoms with Gasteiger partial charge in [0.1, 0.15) is 0 Å². The number of aryl methyl sites for hydroxylation is 2. The van der Waals surface area contributed by atoms with Gasteiger partial charge in [-0.05, 0) is 47.6 Å². The molecule has 0 spiro atoms. The molecule has 57 valence electrons. The summed E-state index contributed by atoms with van der Waals surface area (Å²) >= 11 is 2.38. The zero-order valence-corrected chi connectivity index (χ0v) is 9.68. The lowest BCUT2D eigenvalue weighted by Crippen LogP contribution is -1.89. The van der Waals surface area contributed by atoms with Gasteiger partial charge in [0, 0.05) is 13.8 Å². The highest BCUT2D eigenvalue weighted by molar-refractivity contribution is 14.1. The van der Waals surface area contributed by atoms with Crippen molar-refractivity contribution < 1.29 is 0 Å². The van der Waals surface area contributed by atoms with Crippen molar-refractivity contribution in [2.75, 3.05) is 0 Å². The Morgan fingerprint density at radius 1 is 1.45 bits per heavy atom. The van der Waals surface area contributed by atoms with Gasteiger partial charge >= 0.3 is 0 Å². The van der Waals surface area contributed by atoms with Crippen LogP contribution in [0.25, 0.3) is 0 Å². The van der Waals surface area contributed by atoms with E-state index in [4.69, 9.17) is 0 Å². The Morgan fingerprint density at radius 2 is 2.18 bits per heavy atom. The number of hydrogen-bond donors (Lipinski definition) is 0. The number of halogens is 1. The molecule has 0 aromatic heterocycles. The predicted molar refractivity (Wildman–Crippen MR) is 58.2 cm³/mol. The summed E-state index contributed by atoms with van der Waals surface area (Å²) in [7, 11) is 3.49. The molecular weight excluding hydrogens is 263 g/mol. The maximum absolute atomic E-state index is 3.49. The average Bonchev–Trinajstić information content (AvgIpc) is 1.98. The molecule has 3 radical (unpaired) electrons. The first-order chi connectivity index (χ1) is 5.24. The molecule has 0 fully saturated rings. The van der Waals surface area contributed by atoms with Crippen LogP contribution in [-0.4, -0.2) is 10.2 Å². The van der Waals surface area contributed by atoms with Crippen LogP contribution in [0, 0.1) is 10.5 Å². The summed E-state index contributed by atoms with van der Waals surface area (Å²) in [6, 6.07) is 7.62. The van der Waals surface area contributed by atoms with Crippen molar-refractivity contribution >= 4 is 32.8 Å². The van der Waals surface area contributed by atoms with Crippen molar-refractivity contribution in [3.05, 3.63) is 32.9 Å². The van der Waals surface area contributed by atoms with Crippen LogP contribution in [-0.2, 0) is 6.42 Å². The molecule has 0 bridgehead atoms. The fraction of sp³-hybridized carbons (Fsp3) is 0.333. The van der Waals surface area contributed by atoms with E-state index in [0.29, 0.717) is 0 Å². The summed E-state index contributed by atoms with van der Waals surface area (Å²) in [5, 5.41) is 0. The lowest BCUT2D eigenvalue weighted by molar-refractivity contribution is 1.11. The van der Waals surface area contributed by atoms with E-state index in [1.165, 1.54) is 14.7 Å². The number of benzene rings is 1. The van der Waals surface area contributed by atoms with Crippen LogP contribution in [0.1, 0.15) is 11.1 Å². The van der Waals surface area contributed by atoms with E-state index in [9.17, 15) is 0 Å². The molecular formula is C9H10ISi. The molecule has 11 heavy (non-hydrogen) atoms. The third-order valence-electron chi connectivity index (χ3n) is 1.60. The van der Waals surface area contributed by atoms with E-state index >= 15 is 0 Å². The SMILES string of the molecule is Cc1ccc(I)c(CC[Si])c1. The first kappa shape index (κ1) is 9.26. The second kappa shape index (κ2) is 4.26. The van der Waals surface area contributed by atoms with E-state index in [1.54, 1.807) is 0 Å². The average molecular weight is 273 g/mol. The van der Waals surface area contributed by atoms with Gasteiger partial charge in [0.05, 0.1) is 0 Å². The summed E-state index contributed by atoms with van der Waals surface area (Å²) in [5.41, 5.74) is 2.79. The van der Waals surface area contributed by atoms with Gasteiger partial charge in [-0.15, -0.1) is 0 Å². The lowest BCUT2D eigenvalue weighted by atomic mass is 10.1. The van der Waals surface area contributed by atoms with E-state index in [1.807, 2.05) is 0 Å². The Bertz CT molecular complexity index is 245. The van der Waals surface area contributed by atoms with Gasteiger partial charge in [0.15, 0.2) is 0 Å². The summed E-state index contributed by atoms with van der Waals surface area (Å²) in [6.45, 7) is 2.13. The number of hydrogen-bond acceptors (Lipinski definition) is 0. The van der Waals surface area contributed by atoms with E-state index in [0.717, 1.165) is 12.5 Å². The summed E-state index contributed by atoms with van der Waals surface area (Å²) < 4.78 is 1.37. The molecule has 0 amide bonds. The molecule has 1 rings (SSSR count). The molecule has 0 N–H and O–H groups in total. The van der Waals surface area contributed by atoms with Gasteiger partial charge in [0.25, 0.3) is 0 Å². The van der Waals surface area contributed by atoms with Crippen molar-refractivity contribution in [2.24, 2.45) is 0 Å². The van der Waals surface area contributed by atoms with Gasteiger partial charge < -0.3 is 0 Å². The third-order valence-corrected chi connectivity index (χ3v) is 2.90. The molecule has 2 heteroatoms. The smallest absolute Gasteiger partial charge is 0.0225 e. The molecule has 0 aliphatic carbocycles. The molecule has 0 unspecified atom stereocenters. The van der Waals surface area contributed by atoms with Gasteiger partial charge in [0.2, 0.25) is 0 Å². The highest BCUT2D eigenvalue weighted by Crippen LogP contribution is 2.15. The molecule has 0 aliphatic rings. The van der Waals surface area contributed by atoms with Crippen molar-refractivity contribution in [3.8, 4) is 0 Å². The zero-order valence-electron chi connectivity index (χ0n) is 6.52. The number of rotatable bonds is 2. The quantitative estimate of drug-likeness (QED) is 0.574. The monoisotopic (exact) mass is 273 g/mol. The van der Waals surface area contributed by atoms with E-state index < -0.39 is 0 Å². The third kappa shape index (κ3) is 2.59. The highest BCUT2D eigenvalue weighted by Gasteiger charge is 1.97. The Hall–Kier alpha value is 0.167. The van der Waals surface area contributed by atoms with Crippen LogP contribution in [0.4, 0.5) is 0 Å². The highest BCUT2D eigenvalue weighted by atomic mass is 127. The summed E-state index contributed by atoms with van der Waals surface area (Å²) in [6.07, 6.45) is 1.12. The van der Waals surface area contributed by atoms with E-state index in [-0.39, 0.29) is 0 Å². The van der Waals surface area contributed by atoms with Crippen LogP contribution in [0.15, 0.2) is 18.2 Å². The first-order valence-electron chi connectivity index (χ1n) is 3.63. The van der Waals surface area contributed by atoms with Crippen molar-refractivity contribution in [3.63, 3.8) is 0 Å². The molecule has 0 nitrogen and oxygen atoms in total. The first-order valence-corrected chi connectivity index (χ1v) is 5.42. The van der Waals surface area contributed by atoms with Gasteiger partial charge in [-0.25, -0.2) is 0 Å². The minimum Gasteiger partial charge on any atom is -0.0597 e. The molecule has 1 aromatic carbocycles. The van der Waals surface area contributed by atoms with Crippen LogP contribution >= 0.6 is 22.6 Å². The second-order valence-corrected chi connectivity index (χ2v) is 4.26. The molecule has 1 aromatic rings. The maximum atomic E-state index is 3.49. The van der Waals surface area contributed by atoms with Crippen LogP contribution in [0.3, 0.4) is 0 Å². The van der Waals surface area contributed by atoms with Crippen molar-refractivity contribution in [2.45, 2.75) is 19.4 Å².